The Morgan fingerprint density at radius 3 is 1.33 bits per heavy atom. The molecule has 0 saturated heterocycles. The molecule has 0 aromatic rings. The molecule has 0 aliphatic heterocycles. The maximum Gasteiger partial charge on any atom is 2.00 e. The summed E-state index contributed by atoms with van der Waals surface area (Å²) in [5, 5.41) is 0. The molecule has 0 radical (unpaired) electrons. The van der Waals surface area contributed by atoms with Crippen molar-refractivity contribution in [1.29, 1.82) is 0 Å². The van der Waals surface area contributed by atoms with Crippen LogP contribution in [0.1, 0.15) is 16.7 Å². The molecule has 0 heterocycles. The van der Waals surface area contributed by atoms with Gasteiger partial charge >= 0.3 is 23.1 Å². The summed E-state index contributed by atoms with van der Waals surface area (Å²) in [6, 6.07) is 0. The molecule has 0 unspecified atom stereocenters. The quantitative estimate of drug-likeness (QED) is 0.315. The van der Waals surface area contributed by atoms with Crippen LogP contribution in [-0.2, 0) is 0 Å². The number of hydrogen-bond acceptors (Lipinski definition) is 0. The van der Waals surface area contributed by atoms with Crippen molar-refractivity contribution in [2.75, 3.05) is 0 Å². The molecule has 0 aromatic heterocycles. The Hall–Kier alpha value is 0.466. The minimum atomic E-state index is 0. The predicted molar refractivity (Wildman–Crippen MR) is 32.1 cm³/mol. The van der Waals surface area contributed by atoms with Crippen LogP contribution < -0.4 is 0 Å². The Bertz CT molecular complexity index is 29.2. The topological polar surface area (TPSA) is 31.5 Å². The average Bonchev–Trinajstić information content (AvgIpc) is 1.37. The third-order valence-corrected chi connectivity index (χ3v) is 0.333. The van der Waals surface area contributed by atoms with Crippen LogP contribution in [0.25, 0.3) is 0 Å². The van der Waals surface area contributed by atoms with Crippen molar-refractivity contribution in [1.82, 2.24) is 0 Å². The SMILES string of the molecule is CC=CC.O.[H-].[H-].[Mg+2]. The third-order valence-electron chi connectivity index (χ3n) is 0.333. The first-order chi connectivity index (χ1) is 1.91. The predicted octanol–water partition coefficient (Wildman–Crippen LogP) is 0.602. The smallest absolute Gasteiger partial charge is 1.00 e. The van der Waals surface area contributed by atoms with Gasteiger partial charge in [0.15, 0.2) is 0 Å². The second-order valence-electron chi connectivity index (χ2n) is 0.667. The third kappa shape index (κ3) is 25.0. The first kappa shape index (κ1) is 16.1. The minimum absolute atomic E-state index is 0. The molecule has 2 N–H and O–H groups in total. The maximum absolute atomic E-state index is 2.00. The molecule has 0 amide bonds. The second-order valence-corrected chi connectivity index (χ2v) is 0.667. The largest absolute Gasteiger partial charge is 2.00 e. The second kappa shape index (κ2) is 17.9. The number of allylic oxidation sites excluding steroid dienone is 2. The van der Waals surface area contributed by atoms with Crippen molar-refractivity contribution in [2.45, 2.75) is 13.8 Å². The Kier molecular flexibility index (Phi) is 48.0. The van der Waals surface area contributed by atoms with Crippen molar-refractivity contribution in [3.8, 4) is 0 Å². The Labute approximate surface area is 57.9 Å². The first-order valence-corrected chi connectivity index (χ1v) is 1.49. The molecule has 0 aliphatic carbocycles. The molecule has 0 aromatic carbocycles. The van der Waals surface area contributed by atoms with Gasteiger partial charge in [0.2, 0.25) is 0 Å². The zero-order chi connectivity index (χ0) is 3.41. The van der Waals surface area contributed by atoms with E-state index in [4.69, 9.17) is 0 Å². The standard InChI is InChI=1S/C4H8.Mg.H2O.2H/c1-3-4-2;;;;/h3-4H,1-2H3;;1H2;;/q;+2;;2*-1. The molecule has 0 rings (SSSR count). The summed E-state index contributed by atoms with van der Waals surface area (Å²) < 4.78 is 0. The molecule has 0 spiro atoms. The van der Waals surface area contributed by atoms with Crippen LogP contribution in [0.15, 0.2) is 12.2 Å². The van der Waals surface area contributed by atoms with E-state index in [0.29, 0.717) is 0 Å². The number of rotatable bonds is 0. The van der Waals surface area contributed by atoms with E-state index in [9.17, 15) is 0 Å². The Morgan fingerprint density at radius 1 is 1.17 bits per heavy atom. The summed E-state index contributed by atoms with van der Waals surface area (Å²) in [7, 11) is 0. The van der Waals surface area contributed by atoms with Crippen LogP contribution in [0.5, 0.6) is 0 Å². The van der Waals surface area contributed by atoms with Gasteiger partial charge in [-0.3, -0.25) is 0 Å². The normalized spacial score (nSPS) is 6.33. The van der Waals surface area contributed by atoms with E-state index in [-0.39, 0.29) is 31.4 Å². The van der Waals surface area contributed by atoms with Crippen molar-refractivity contribution in [3.05, 3.63) is 12.2 Å². The van der Waals surface area contributed by atoms with E-state index in [1.807, 2.05) is 26.0 Å². The summed E-state index contributed by atoms with van der Waals surface area (Å²) in [5.74, 6) is 0. The average molecular weight is 100 g/mol. The van der Waals surface area contributed by atoms with E-state index in [1.54, 1.807) is 0 Å². The fourth-order valence-corrected chi connectivity index (χ4v) is 0. The minimum Gasteiger partial charge on any atom is -1.00 e. The Morgan fingerprint density at radius 2 is 1.33 bits per heavy atom. The van der Waals surface area contributed by atoms with E-state index < -0.39 is 0 Å². The van der Waals surface area contributed by atoms with Crippen LogP contribution in [0.4, 0.5) is 0 Å². The molecule has 0 aliphatic rings. The maximum atomic E-state index is 2.00. The van der Waals surface area contributed by atoms with Gasteiger partial charge in [0.1, 0.15) is 0 Å². The van der Waals surface area contributed by atoms with Crippen LogP contribution in [-0.4, -0.2) is 28.5 Å². The molecular formula is C4H12MgO. The first-order valence-electron chi connectivity index (χ1n) is 1.49. The van der Waals surface area contributed by atoms with Gasteiger partial charge in [0.25, 0.3) is 0 Å². The monoisotopic (exact) mass is 100 g/mol. The van der Waals surface area contributed by atoms with E-state index in [0.717, 1.165) is 0 Å². The number of hydrogen-bond donors (Lipinski definition) is 0. The van der Waals surface area contributed by atoms with Crippen LogP contribution in [0.3, 0.4) is 0 Å². The van der Waals surface area contributed by atoms with Crippen molar-refractivity contribution >= 4 is 23.1 Å². The van der Waals surface area contributed by atoms with Gasteiger partial charge in [-0.15, -0.1) is 0 Å². The molecule has 6 heavy (non-hydrogen) atoms. The van der Waals surface area contributed by atoms with Crippen LogP contribution in [0, 0.1) is 0 Å². The van der Waals surface area contributed by atoms with Crippen LogP contribution in [0.2, 0.25) is 0 Å². The van der Waals surface area contributed by atoms with Crippen molar-refractivity contribution in [3.63, 3.8) is 0 Å². The molecule has 0 bridgehead atoms. The molecule has 0 atom stereocenters. The summed E-state index contributed by atoms with van der Waals surface area (Å²) >= 11 is 0. The molecule has 2 heteroatoms. The van der Waals surface area contributed by atoms with Gasteiger partial charge in [-0.2, -0.15) is 0 Å². The summed E-state index contributed by atoms with van der Waals surface area (Å²) in [4.78, 5) is 0. The van der Waals surface area contributed by atoms with E-state index in [2.05, 4.69) is 0 Å². The fourth-order valence-electron chi connectivity index (χ4n) is 0. The zero-order valence-corrected chi connectivity index (χ0v) is 5.78. The van der Waals surface area contributed by atoms with Crippen molar-refractivity contribution in [2.24, 2.45) is 0 Å². The molecule has 36 valence electrons. The molecular weight excluding hydrogens is 88.3 g/mol. The fraction of sp³-hybridized carbons (Fsp3) is 0.500. The van der Waals surface area contributed by atoms with Crippen LogP contribution >= 0.6 is 0 Å². The van der Waals surface area contributed by atoms with Gasteiger partial charge in [-0.25, -0.2) is 0 Å². The summed E-state index contributed by atoms with van der Waals surface area (Å²) in [6.45, 7) is 4.00. The Balaban J connectivity index is -0.00000000750. The molecule has 1 nitrogen and oxygen atoms in total. The van der Waals surface area contributed by atoms with Gasteiger partial charge in [0.05, 0.1) is 0 Å². The van der Waals surface area contributed by atoms with Gasteiger partial charge in [0, 0.05) is 0 Å². The van der Waals surface area contributed by atoms with E-state index >= 15 is 0 Å². The van der Waals surface area contributed by atoms with Gasteiger partial charge < -0.3 is 8.33 Å². The summed E-state index contributed by atoms with van der Waals surface area (Å²) in [6.07, 6.45) is 4.00. The molecule has 0 saturated carbocycles. The summed E-state index contributed by atoms with van der Waals surface area (Å²) in [5.41, 5.74) is 0. The van der Waals surface area contributed by atoms with Crippen molar-refractivity contribution < 1.29 is 8.33 Å². The van der Waals surface area contributed by atoms with E-state index in [1.165, 1.54) is 0 Å². The van der Waals surface area contributed by atoms with Gasteiger partial charge in [-0.1, -0.05) is 12.2 Å². The molecule has 0 fully saturated rings. The zero-order valence-electron chi connectivity index (χ0n) is 6.36. The van der Waals surface area contributed by atoms with Gasteiger partial charge in [-0.05, 0) is 13.8 Å².